The van der Waals surface area contributed by atoms with Gasteiger partial charge in [0.25, 0.3) is 5.91 Å². The van der Waals surface area contributed by atoms with Crippen LogP contribution in [0.4, 0.5) is 13.2 Å². The van der Waals surface area contributed by atoms with Crippen LogP contribution in [-0.4, -0.2) is 45.9 Å². The topological polar surface area (TPSA) is 63.9 Å². The lowest BCUT2D eigenvalue weighted by Crippen LogP contribution is -2.40. The van der Waals surface area contributed by atoms with E-state index in [-0.39, 0.29) is 17.8 Å². The average molecular weight is 451 g/mol. The first kappa shape index (κ1) is 21.4. The highest BCUT2D eigenvalue weighted by Crippen LogP contribution is 2.33. The van der Waals surface area contributed by atoms with Gasteiger partial charge in [0, 0.05) is 25.5 Å². The van der Waals surface area contributed by atoms with Crippen molar-refractivity contribution < 1.29 is 27.5 Å². The largest absolute Gasteiger partial charge is 0.466 e. The smallest absolute Gasteiger partial charge is 0.416 e. The number of rotatable bonds is 4. The van der Waals surface area contributed by atoms with E-state index >= 15 is 0 Å². The number of carbonyl (C=O) groups excluding carboxylic acids is 2. The molecule has 1 aliphatic heterocycles. The van der Waals surface area contributed by atoms with Gasteiger partial charge in [-0.1, -0.05) is 23.5 Å². The summed E-state index contributed by atoms with van der Waals surface area (Å²) >= 11 is 1.30. The Bertz CT molecular complexity index is 1070. The molecule has 1 aromatic carbocycles. The summed E-state index contributed by atoms with van der Waals surface area (Å²) in [5.41, 5.74) is 0.259. The zero-order valence-electron chi connectivity index (χ0n) is 16.7. The lowest BCUT2D eigenvalue weighted by atomic mass is 9.97. The number of likely N-dealkylation sites (tertiary alicyclic amines) is 1. The molecule has 2 aromatic heterocycles. The van der Waals surface area contributed by atoms with Gasteiger partial charge in [0.05, 0.1) is 23.0 Å². The number of thiazole rings is 1. The summed E-state index contributed by atoms with van der Waals surface area (Å²) in [6.07, 6.45) is 0.122. The maximum Gasteiger partial charge on any atom is 0.416 e. The zero-order chi connectivity index (χ0) is 22.2. The minimum Gasteiger partial charge on any atom is -0.466 e. The number of aromatic nitrogens is 2. The monoisotopic (exact) mass is 451 g/mol. The Morgan fingerprint density at radius 1 is 1.16 bits per heavy atom. The van der Waals surface area contributed by atoms with E-state index in [1.165, 1.54) is 23.5 Å². The number of imidazole rings is 1. The quantitative estimate of drug-likeness (QED) is 0.548. The molecule has 10 heteroatoms. The number of carbonyl (C=O) groups is 2. The van der Waals surface area contributed by atoms with Gasteiger partial charge in [-0.3, -0.25) is 14.0 Å². The van der Waals surface area contributed by atoms with Crippen LogP contribution in [0.3, 0.4) is 0 Å². The fraction of sp³-hybridized carbons (Fsp3) is 0.381. The van der Waals surface area contributed by atoms with Crippen molar-refractivity contribution in [1.82, 2.24) is 14.3 Å². The molecule has 1 amide bonds. The van der Waals surface area contributed by atoms with Crippen LogP contribution in [0.2, 0.25) is 0 Å². The zero-order valence-corrected chi connectivity index (χ0v) is 17.5. The van der Waals surface area contributed by atoms with Gasteiger partial charge in [-0.25, -0.2) is 4.98 Å². The number of hydrogen-bond donors (Lipinski definition) is 0. The van der Waals surface area contributed by atoms with Crippen molar-refractivity contribution >= 4 is 28.2 Å². The summed E-state index contributed by atoms with van der Waals surface area (Å²) in [4.78, 5) is 32.0. The SMILES string of the molecule is CCOC(=O)C1CCN(C(=O)c2cn3cc(-c4ccc(C(F)(F)F)cc4)sc3n2)CC1. The van der Waals surface area contributed by atoms with Crippen molar-refractivity contribution in [1.29, 1.82) is 0 Å². The highest BCUT2D eigenvalue weighted by atomic mass is 32.1. The normalized spacial score (nSPS) is 15.4. The second kappa shape index (κ2) is 8.33. The van der Waals surface area contributed by atoms with E-state index < -0.39 is 11.7 Å². The van der Waals surface area contributed by atoms with Gasteiger partial charge in [0.15, 0.2) is 4.96 Å². The molecule has 164 valence electrons. The third kappa shape index (κ3) is 4.43. The van der Waals surface area contributed by atoms with Crippen LogP contribution in [0.5, 0.6) is 0 Å². The summed E-state index contributed by atoms with van der Waals surface area (Å²) < 4.78 is 45.0. The van der Waals surface area contributed by atoms with Gasteiger partial charge in [-0.15, -0.1) is 0 Å². The number of benzene rings is 1. The van der Waals surface area contributed by atoms with E-state index in [0.29, 0.717) is 48.8 Å². The van der Waals surface area contributed by atoms with E-state index in [1.54, 1.807) is 28.6 Å². The summed E-state index contributed by atoms with van der Waals surface area (Å²) in [6, 6.07) is 4.95. The van der Waals surface area contributed by atoms with Crippen molar-refractivity contribution in [3.63, 3.8) is 0 Å². The van der Waals surface area contributed by atoms with Gasteiger partial charge in [0.1, 0.15) is 5.69 Å². The third-order valence-electron chi connectivity index (χ3n) is 5.27. The van der Waals surface area contributed by atoms with E-state index in [1.807, 2.05) is 0 Å². The molecule has 0 N–H and O–H groups in total. The Morgan fingerprint density at radius 2 is 1.84 bits per heavy atom. The first-order valence-corrected chi connectivity index (χ1v) is 10.7. The molecule has 1 saturated heterocycles. The van der Waals surface area contributed by atoms with E-state index in [9.17, 15) is 22.8 Å². The van der Waals surface area contributed by atoms with Gasteiger partial charge in [-0.2, -0.15) is 13.2 Å². The standard InChI is InChI=1S/C21H20F3N3O3S/c1-2-30-19(29)14-7-9-26(10-8-14)18(28)16-11-27-12-17(31-20(27)25-16)13-3-5-15(6-4-13)21(22,23)24/h3-6,11-12,14H,2,7-10H2,1H3. The predicted molar refractivity (Wildman–Crippen MR) is 109 cm³/mol. The van der Waals surface area contributed by atoms with Crippen molar-refractivity contribution in [3.8, 4) is 10.4 Å². The number of esters is 1. The first-order chi connectivity index (χ1) is 14.8. The van der Waals surface area contributed by atoms with E-state index in [0.717, 1.165) is 17.0 Å². The minimum absolute atomic E-state index is 0.180. The van der Waals surface area contributed by atoms with Gasteiger partial charge < -0.3 is 9.64 Å². The molecule has 0 aliphatic carbocycles. The summed E-state index contributed by atoms with van der Waals surface area (Å²) in [6.45, 7) is 3.04. The maximum absolute atomic E-state index is 12.8. The molecule has 0 unspecified atom stereocenters. The first-order valence-electron chi connectivity index (χ1n) is 9.88. The van der Waals surface area contributed by atoms with Crippen molar-refractivity contribution in [3.05, 3.63) is 47.9 Å². The van der Waals surface area contributed by atoms with Crippen LogP contribution < -0.4 is 0 Å². The molecule has 4 rings (SSSR count). The Balaban J connectivity index is 1.44. The number of fused-ring (bicyclic) bond motifs is 1. The molecule has 0 radical (unpaired) electrons. The van der Waals surface area contributed by atoms with Crippen LogP contribution in [0.15, 0.2) is 36.7 Å². The highest BCUT2D eigenvalue weighted by Gasteiger charge is 2.31. The second-order valence-corrected chi connectivity index (χ2v) is 8.31. The highest BCUT2D eigenvalue weighted by molar-refractivity contribution is 7.20. The lowest BCUT2D eigenvalue weighted by Gasteiger charge is -2.30. The number of amides is 1. The number of ether oxygens (including phenoxy) is 1. The summed E-state index contributed by atoms with van der Waals surface area (Å²) in [7, 11) is 0. The molecule has 3 heterocycles. The number of alkyl halides is 3. The minimum atomic E-state index is -4.37. The lowest BCUT2D eigenvalue weighted by molar-refractivity contribution is -0.149. The average Bonchev–Trinajstić information content (AvgIpc) is 3.32. The number of nitrogens with zero attached hydrogens (tertiary/aromatic N) is 3. The Kier molecular flexibility index (Phi) is 5.74. The van der Waals surface area contributed by atoms with Crippen LogP contribution in [0.1, 0.15) is 35.8 Å². The van der Waals surface area contributed by atoms with Crippen LogP contribution in [0.25, 0.3) is 15.4 Å². The molecule has 1 aliphatic rings. The molecule has 0 saturated carbocycles. The Morgan fingerprint density at radius 3 is 2.42 bits per heavy atom. The third-order valence-corrected chi connectivity index (χ3v) is 6.32. The summed E-state index contributed by atoms with van der Waals surface area (Å²) in [5, 5.41) is 0. The molecule has 31 heavy (non-hydrogen) atoms. The van der Waals surface area contributed by atoms with Gasteiger partial charge >= 0.3 is 12.1 Å². The van der Waals surface area contributed by atoms with Crippen molar-refractivity contribution in [2.75, 3.05) is 19.7 Å². The van der Waals surface area contributed by atoms with Gasteiger partial charge in [0.2, 0.25) is 0 Å². The fourth-order valence-electron chi connectivity index (χ4n) is 3.60. The molecular weight excluding hydrogens is 431 g/mol. The number of piperidine rings is 1. The maximum atomic E-state index is 12.8. The van der Waals surface area contributed by atoms with Gasteiger partial charge in [-0.05, 0) is 37.5 Å². The van der Waals surface area contributed by atoms with E-state index in [2.05, 4.69) is 4.98 Å². The number of halogens is 3. The molecule has 0 atom stereocenters. The van der Waals surface area contributed by atoms with Crippen LogP contribution in [-0.2, 0) is 15.7 Å². The summed E-state index contributed by atoms with van der Waals surface area (Å²) in [5.74, 6) is -0.594. The predicted octanol–water partition coefficient (Wildman–Crippen LogP) is 4.50. The molecule has 3 aromatic rings. The van der Waals surface area contributed by atoms with Crippen LogP contribution in [0, 0.1) is 5.92 Å². The number of hydrogen-bond acceptors (Lipinski definition) is 5. The second-order valence-electron chi connectivity index (χ2n) is 7.31. The fourth-order valence-corrected chi connectivity index (χ4v) is 4.57. The molecule has 0 spiro atoms. The molecule has 6 nitrogen and oxygen atoms in total. The van der Waals surface area contributed by atoms with E-state index in [4.69, 9.17) is 4.74 Å². The Labute approximate surface area is 180 Å². The molecular formula is C21H20F3N3O3S. The molecule has 0 bridgehead atoms. The van der Waals surface area contributed by atoms with Crippen molar-refractivity contribution in [2.45, 2.75) is 25.9 Å². The van der Waals surface area contributed by atoms with Crippen molar-refractivity contribution in [2.24, 2.45) is 5.92 Å². The molecule has 1 fully saturated rings. The Hall–Kier alpha value is -2.88. The van der Waals surface area contributed by atoms with Crippen LogP contribution >= 0.6 is 11.3 Å².